The maximum atomic E-state index is 13.1. The number of hydrogen-bond acceptors (Lipinski definition) is 3. The largest absolute Gasteiger partial charge is 0.497 e. The molecular weight excluding hydrogens is 314 g/mol. The number of nitrogens with zero attached hydrogens (tertiary/aromatic N) is 3. The highest BCUT2D eigenvalue weighted by molar-refractivity contribution is 5.92. The monoisotopic (exact) mass is 339 g/mol. The molecular formula is C20H25N3O2. The average molecular weight is 339 g/mol. The summed E-state index contributed by atoms with van der Waals surface area (Å²) in [6.45, 7) is 5.88. The highest BCUT2D eigenvalue weighted by Crippen LogP contribution is 2.51. The van der Waals surface area contributed by atoms with E-state index < -0.39 is 0 Å². The number of benzene rings is 1. The van der Waals surface area contributed by atoms with E-state index in [9.17, 15) is 4.79 Å². The SMILES string of the molecule is COc1ccc(C2(C(=O)N3CC(n4ccnc4C(C)C)C3)CC2)cc1. The molecule has 5 heteroatoms. The first-order valence-electron chi connectivity index (χ1n) is 9.02. The van der Waals surface area contributed by atoms with Gasteiger partial charge in [0.25, 0.3) is 0 Å². The summed E-state index contributed by atoms with van der Waals surface area (Å²) in [6, 6.07) is 8.32. The fourth-order valence-corrected chi connectivity index (χ4v) is 3.84. The molecule has 1 aliphatic heterocycles. The first kappa shape index (κ1) is 16.2. The number of imidazole rings is 1. The Kier molecular flexibility index (Phi) is 3.82. The van der Waals surface area contributed by atoms with Crippen LogP contribution in [-0.2, 0) is 10.2 Å². The lowest BCUT2D eigenvalue weighted by atomic mass is 9.92. The van der Waals surface area contributed by atoms with Crippen molar-refractivity contribution in [1.82, 2.24) is 14.5 Å². The van der Waals surface area contributed by atoms with Crippen LogP contribution in [0.25, 0.3) is 0 Å². The Morgan fingerprint density at radius 1 is 1.24 bits per heavy atom. The second kappa shape index (κ2) is 5.90. The topological polar surface area (TPSA) is 47.4 Å². The van der Waals surface area contributed by atoms with Gasteiger partial charge in [-0.3, -0.25) is 4.79 Å². The molecule has 0 spiro atoms. The van der Waals surface area contributed by atoms with Gasteiger partial charge in [-0.25, -0.2) is 4.98 Å². The van der Waals surface area contributed by atoms with Crippen molar-refractivity contribution >= 4 is 5.91 Å². The molecule has 0 radical (unpaired) electrons. The molecule has 0 N–H and O–H groups in total. The van der Waals surface area contributed by atoms with E-state index in [1.165, 1.54) is 0 Å². The molecule has 1 aromatic carbocycles. The van der Waals surface area contributed by atoms with Gasteiger partial charge in [-0.15, -0.1) is 0 Å². The van der Waals surface area contributed by atoms with E-state index >= 15 is 0 Å². The third-order valence-electron chi connectivity index (χ3n) is 5.56. The zero-order chi connectivity index (χ0) is 17.6. The Balaban J connectivity index is 1.45. The number of hydrogen-bond donors (Lipinski definition) is 0. The van der Waals surface area contributed by atoms with Crippen molar-refractivity contribution in [3.8, 4) is 5.75 Å². The van der Waals surface area contributed by atoms with E-state index in [4.69, 9.17) is 4.74 Å². The second-order valence-corrected chi connectivity index (χ2v) is 7.52. The summed E-state index contributed by atoms with van der Waals surface area (Å²) in [5.41, 5.74) is 0.819. The molecule has 1 aliphatic carbocycles. The van der Waals surface area contributed by atoms with E-state index in [1.54, 1.807) is 7.11 Å². The van der Waals surface area contributed by atoms with Gasteiger partial charge >= 0.3 is 0 Å². The summed E-state index contributed by atoms with van der Waals surface area (Å²) in [6.07, 6.45) is 5.79. The predicted molar refractivity (Wildman–Crippen MR) is 95.8 cm³/mol. The molecule has 0 unspecified atom stereocenters. The lowest BCUT2D eigenvalue weighted by Gasteiger charge is -2.42. The first-order chi connectivity index (χ1) is 12.0. The molecule has 1 aromatic heterocycles. The number of methoxy groups -OCH3 is 1. The molecule has 4 rings (SSSR count). The van der Waals surface area contributed by atoms with Gasteiger partial charge in [-0.1, -0.05) is 26.0 Å². The highest BCUT2D eigenvalue weighted by atomic mass is 16.5. The number of aromatic nitrogens is 2. The van der Waals surface area contributed by atoms with Crippen LogP contribution >= 0.6 is 0 Å². The van der Waals surface area contributed by atoms with E-state index in [0.717, 1.165) is 43.1 Å². The summed E-state index contributed by atoms with van der Waals surface area (Å²) in [4.78, 5) is 19.5. The maximum absolute atomic E-state index is 13.1. The van der Waals surface area contributed by atoms with Crippen molar-refractivity contribution in [1.29, 1.82) is 0 Å². The van der Waals surface area contributed by atoms with Crippen LogP contribution in [0.3, 0.4) is 0 Å². The van der Waals surface area contributed by atoms with Crippen LogP contribution in [0.4, 0.5) is 0 Å². The number of ether oxygens (including phenoxy) is 1. The predicted octanol–water partition coefficient (Wildman–Crippen LogP) is 3.13. The molecule has 2 heterocycles. The fourth-order valence-electron chi connectivity index (χ4n) is 3.84. The quantitative estimate of drug-likeness (QED) is 0.841. The summed E-state index contributed by atoms with van der Waals surface area (Å²) in [7, 11) is 1.66. The molecule has 5 nitrogen and oxygen atoms in total. The summed E-state index contributed by atoms with van der Waals surface area (Å²) >= 11 is 0. The third-order valence-corrected chi connectivity index (χ3v) is 5.56. The van der Waals surface area contributed by atoms with Crippen molar-refractivity contribution < 1.29 is 9.53 Å². The minimum atomic E-state index is -0.299. The molecule has 2 aliphatic rings. The zero-order valence-corrected chi connectivity index (χ0v) is 15.1. The van der Waals surface area contributed by atoms with Gasteiger partial charge in [0.2, 0.25) is 5.91 Å². The van der Waals surface area contributed by atoms with Crippen LogP contribution in [0.15, 0.2) is 36.7 Å². The number of likely N-dealkylation sites (tertiary alicyclic amines) is 1. The minimum Gasteiger partial charge on any atom is -0.497 e. The Bertz CT molecular complexity index is 768. The summed E-state index contributed by atoms with van der Waals surface area (Å²) < 4.78 is 7.46. The van der Waals surface area contributed by atoms with Crippen molar-refractivity contribution in [2.24, 2.45) is 0 Å². The van der Waals surface area contributed by atoms with Gasteiger partial charge in [0.05, 0.1) is 18.6 Å². The zero-order valence-electron chi connectivity index (χ0n) is 15.1. The Hall–Kier alpha value is -2.30. The van der Waals surface area contributed by atoms with Crippen LogP contribution in [0.5, 0.6) is 5.75 Å². The normalized spacial score (nSPS) is 19.0. The number of carbonyl (C=O) groups excluding carboxylic acids is 1. The van der Waals surface area contributed by atoms with Crippen molar-refractivity contribution in [3.05, 3.63) is 48.0 Å². The lowest BCUT2D eigenvalue weighted by molar-refractivity contribution is -0.139. The van der Waals surface area contributed by atoms with Crippen LogP contribution < -0.4 is 4.74 Å². The molecule has 25 heavy (non-hydrogen) atoms. The van der Waals surface area contributed by atoms with E-state index in [0.29, 0.717) is 12.0 Å². The van der Waals surface area contributed by atoms with E-state index in [1.807, 2.05) is 41.6 Å². The van der Waals surface area contributed by atoms with Gasteiger partial charge in [0.15, 0.2) is 0 Å². The van der Waals surface area contributed by atoms with Crippen LogP contribution in [0.2, 0.25) is 0 Å². The van der Waals surface area contributed by atoms with Crippen LogP contribution in [0.1, 0.15) is 50.0 Å². The Morgan fingerprint density at radius 2 is 1.92 bits per heavy atom. The molecule has 1 saturated carbocycles. The van der Waals surface area contributed by atoms with Gasteiger partial charge in [0, 0.05) is 31.4 Å². The molecule has 0 atom stereocenters. The van der Waals surface area contributed by atoms with Gasteiger partial charge in [0.1, 0.15) is 11.6 Å². The number of carbonyl (C=O) groups is 1. The lowest BCUT2D eigenvalue weighted by Crippen LogP contribution is -2.54. The average Bonchev–Trinajstić information content (AvgIpc) is 3.25. The smallest absolute Gasteiger partial charge is 0.233 e. The molecule has 0 bridgehead atoms. The van der Waals surface area contributed by atoms with Crippen molar-refractivity contribution in [3.63, 3.8) is 0 Å². The van der Waals surface area contributed by atoms with Crippen molar-refractivity contribution in [2.45, 2.75) is 44.1 Å². The number of amides is 1. The highest BCUT2D eigenvalue weighted by Gasteiger charge is 2.54. The standard InChI is InChI=1S/C20H25N3O2/c1-14(2)18-21-10-11-23(18)16-12-22(13-16)19(24)20(8-9-20)15-4-6-17(25-3)7-5-15/h4-7,10-11,14,16H,8-9,12-13H2,1-3H3. The Labute approximate surface area is 148 Å². The van der Waals surface area contributed by atoms with Crippen molar-refractivity contribution in [2.75, 3.05) is 20.2 Å². The van der Waals surface area contributed by atoms with Crippen LogP contribution in [0, 0.1) is 0 Å². The summed E-state index contributed by atoms with van der Waals surface area (Å²) in [5, 5.41) is 0. The van der Waals surface area contributed by atoms with Gasteiger partial charge in [-0.05, 0) is 30.5 Å². The Morgan fingerprint density at radius 3 is 2.48 bits per heavy atom. The number of rotatable bonds is 5. The maximum Gasteiger partial charge on any atom is 0.233 e. The molecule has 1 amide bonds. The fraction of sp³-hybridized carbons (Fsp3) is 0.500. The third kappa shape index (κ3) is 2.62. The first-order valence-corrected chi connectivity index (χ1v) is 9.02. The molecule has 2 aromatic rings. The van der Waals surface area contributed by atoms with Crippen LogP contribution in [-0.4, -0.2) is 40.6 Å². The molecule has 132 valence electrons. The van der Waals surface area contributed by atoms with E-state index in [-0.39, 0.29) is 11.3 Å². The second-order valence-electron chi connectivity index (χ2n) is 7.52. The summed E-state index contributed by atoms with van der Waals surface area (Å²) in [5.74, 6) is 2.61. The molecule has 1 saturated heterocycles. The van der Waals surface area contributed by atoms with Gasteiger partial charge in [-0.2, -0.15) is 0 Å². The van der Waals surface area contributed by atoms with E-state index in [2.05, 4.69) is 23.4 Å². The minimum absolute atomic E-state index is 0.278. The van der Waals surface area contributed by atoms with Gasteiger partial charge < -0.3 is 14.2 Å². The molecule has 2 fully saturated rings.